The highest BCUT2D eigenvalue weighted by Crippen LogP contribution is 2.25. The number of ether oxygens (including phenoxy) is 1. The Kier molecular flexibility index (Phi) is 10.2. The van der Waals surface area contributed by atoms with Crippen LogP contribution in [0.5, 0.6) is 0 Å². The summed E-state index contributed by atoms with van der Waals surface area (Å²) >= 11 is 1.29. The van der Waals surface area contributed by atoms with Crippen LogP contribution in [0.4, 0.5) is 13.2 Å². The third kappa shape index (κ3) is 11.2. The number of carbonyl (C=O) groups is 1. The monoisotopic (exact) mass is 300 g/mol. The number of esters is 1. The van der Waals surface area contributed by atoms with Crippen LogP contribution in [0.2, 0.25) is 0 Å². The van der Waals surface area contributed by atoms with E-state index in [1.807, 2.05) is 0 Å². The summed E-state index contributed by atoms with van der Waals surface area (Å²) in [7, 11) is 0. The maximum absolute atomic E-state index is 12.0. The van der Waals surface area contributed by atoms with E-state index in [0.29, 0.717) is 18.8 Å². The minimum Gasteiger partial charge on any atom is -0.465 e. The molecule has 0 spiro atoms. The second-order valence-corrected chi connectivity index (χ2v) is 5.64. The lowest BCUT2D eigenvalue weighted by Crippen LogP contribution is -2.21. The number of halogens is 3. The smallest absolute Gasteiger partial charge is 0.389 e. The van der Waals surface area contributed by atoms with Crippen LogP contribution < -0.4 is 0 Å². The maximum Gasteiger partial charge on any atom is 0.389 e. The lowest BCUT2D eigenvalue weighted by Gasteiger charge is -2.15. The highest BCUT2D eigenvalue weighted by Gasteiger charge is 2.27. The van der Waals surface area contributed by atoms with Crippen molar-refractivity contribution in [1.82, 2.24) is 0 Å². The van der Waals surface area contributed by atoms with Gasteiger partial charge in [-0.05, 0) is 25.5 Å². The Morgan fingerprint density at radius 1 is 1.21 bits per heavy atom. The molecule has 0 aromatic carbocycles. The molecule has 0 aliphatic carbocycles. The normalized spacial score (nSPS) is 13.3. The van der Waals surface area contributed by atoms with Crippen LogP contribution in [-0.4, -0.2) is 29.8 Å². The van der Waals surface area contributed by atoms with E-state index in [1.165, 1.54) is 11.8 Å². The van der Waals surface area contributed by atoms with Crippen LogP contribution in [0.25, 0.3) is 0 Å². The summed E-state index contributed by atoms with van der Waals surface area (Å²) in [6, 6.07) is 0. The summed E-state index contributed by atoms with van der Waals surface area (Å²) in [5, 5.41) is -0.320. The summed E-state index contributed by atoms with van der Waals surface area (Å²) in [6.07, 6.45) is -1.17. The maximum atomic E-state index is 12.0. The zero-order valence-electron chi connectivity index (χ0n) is 11.6. The number of rotatable bonds is 10. The topological polar surface area (TPSA) is 26.3 Å². The number of alkyl halides is 3. The van der Waals surface area contributed by atoms with Crippen molar-refractivity contribution >= 4 is 17.7 Å². The predicted molar refractivity (Wildman–Crippen MR) is 72.3 cm³/mol. The molecule has 0 amide bonds. The molecule has 0 aromatic rings. The fraction of sp³-hybridized carbons (Fsp3) is 0.923. The predicted octanol–water partition coefficient (Wildman–Crippen LogP) is 4.57. The average molecular weight is 300 g/mol. The number of carbonyl (C=O) groups excluding carboxylic acids is 1. The van der Waals surface area contributed by atoms with E-state index in [2.05, 4.69) is 6.92 Å². The molecular weight excluding hydrogens is 277 g/mol. The third-order valence-electron chi connectivity index (χ3n) is 2.54. The number of hydrogen-bond donors (Lipinski definition) is 0. The van der Waals surface area contributed by atoms with Gasteiger partial charge in [-0.3, -0.25) is 4.79 Å². The van der Waals surface area contributed by atoms with Gasteiger partial charge in [0.25, 0.3) is 0 Å². The Balaban J connectivity index is 4.00. The average Bonchev–Trinajstić information content (AvgIpc) is 2.31. The Bertz CT molecular complexity index is 245. The van der Waals surface area contributed by atoms with Crippen molar-refractivity contribution < 1.29 is 22.7 Å². The van der Waals surface area contributed by atoms with E-state index in [1.54, 1.807) is 6.92 Å². The molecule has 0 N–H and O–H groups in total. The zero-order valence-corrected chi connectivity index (χ0v) is 12.4. The first-order chi connectivity index (χ1) is 8.90. The lowest BCUT2D eigenvalue weighted by atomic mass is 10.1. The molecule has 0 bridgehead atoms. The van der Waals surface area contributed by atoms with Gasteiger partial charge in [0.15, 0.2) is 0 Å². The minimum atomic E-state index is -4.11. The van der Waals surface area contributed by atoms with E-state index in [0.717, 1.165) is 19.3 Å². The summed E-state index contributed by atoms with van der Waals surface area (Å²) < 4.78 is 41.0. The van der Waals surface area contributed by atoms with Crippen LogP contribution >= 0.6 is 11.8 Å². The molecule has 0 rings (SSSR count). The van der Waals surface area contributed by atoms with Crippen molar-refractivity contribution in [1.29, 1.82) is 0 Å². The Morgan fingerprint density at radius 2 is 1.89 bits per heavy atom. The molecule has 0 radical (unpaired) electrons. The van der Waals surface area contributed by atoms with Gasteiger partial charge in [0.2, 0.25) is 0 Å². The lowest BCUT2D eigenvalue weighted by molar-refractivity contribution is -0.142. The van der Waals surface area contributed by atoms with Crippen LogP contribution in [0, 0.1) is 0 Å². The first-order valence-electron chi connectivity index (χ1n) is 6.75. The van der Waals surface area contributed by atoms with Crippen LogP contribution in [0.3, 0.4) is 0 Å². The molecule has 0 heterocycles. The van der Waals surface area contributed by atoms with Gasteiger partial charge in [0, 0.05) is 6.42 Å². The van der Waals surface area contributed by atoms with Crippen LogP contribution in [0.1, 0.15) is 52.4 Å². The van der Waals surface area contributed by atoms with Crippen molar-refractivity contribution in [2.24, 2.45) is 0 Å². The SMILES string of the molecule is CCCCCC(SCCCC(F)(F)F)C(=O)OCC. The van der Waals surface area contributed by atoms with Gasteiger partial charge in [-0.1, -0.05) is 26.2 Å². The molecule has 1 atom stereocenters. The molecule has 114 valence electrons. The molecule has 19 heavy (non-hydrogen) atoms. The molecule has 0 saturated heterocycles. The Hall–Kier alpha value is -0.390. The quantitative estimate of drug-likeness (QED) is 0.436. The van der Waals surface area contributed by atoms with Gasteiger partial charge in [-0.15, -0.1) is 11.8 Å². The molecule has 0 aromatic heterocycles. The number of hydrogen-bond acceptors (Lipinski definition) is 3. The van der Waals surface area contributed by atoms with Crippen molar-refractivity contribution in [2.45, 2.75) is 63.8 Å². The summed E-state index contributed by atoms with van der Waals surface area (Å²) in [5.74, 6) is 0.0466. The van der Waals surface area contributed by atoms with Crippen molar-refractivity contribution in [3.05, 3.63) is 0 Å². The number of unbranched alkanes of at least 4 members (excludes halogenated alkanes) is 2. The molecular formula is C13H23F3O2S. The molecule has 0 aliphatic heterocycles. The van der Waals surface area contributed by atoms with Gasteiger partial charge in [-0.25, -0.2) is 0 Å². The first-order valence-corrected chi connectivity index (χ1v) is 7.80. The van der Waals surface area contributed by atoms with Crippen LogP contribution in [-0.2, 0) is 9.53 Å². The zero-order chi connectivity index (χ0) is 14.7. The fourth-order valence-corrected chi connectivity index (χ4v) is 2.72. The molecule has 0 saturated carbocycles. The van der Waals surface area contributed by atoms with E-state index in [4.69, 9.17) is 4.74 Å². The molecule has 0 aliphatic rings. The minimum absolute atomic E-state index is 0.0534. The molecule has 6 heteroatoms. The van der Waals surface area contributed by atoms with E-state index in [9.17, 15) is 18.0 Å². The van der Waals surface area contributed by atoms with Crippen molar-refractivity contribution in [2.75, 3.05) is 12.4 Å². The standard InChI is InChI=1S/C13H23F3O2S/c1-3-5-6-8-11(12(17)18-4-2)19-10-7-9-13(14,15)16/h11H,3-10H2,1-2H3. The molecule has 2 nitrogen and oxygen atoms in total. The van der Waals surface area contributed by atoms with Gasteiger partial charge in [0.05, 0.1) is 6.61 Å². The van der Waals surface area contributed by atoms with Crippen molar-refractivity contribution in [3.8, 4) is 0 Å². The van der Waals surface area contributed by atoms with Gasteiger partial charge in [-0.2, -0.15) is 13.2 Å². The van der Waals surface area contributed by atoms with E-state index < -0.39 is 12.6 Å². The number of thioether (sulfide) groups is 1. The summed E-state index contributed by atoms with van der Waals surface area (Å²) in [6.45, 7) is 4.11. The Morgan fingerprint density at radius 3 is 2.42 bits per heavy atom. The second kappa shape index (κ2) is 10.4. The van der Waals surface area contributed by atoms with Gasteiger partial charge >= 0.3 is 12.1 Å². The van der Waals surface area contributed by atoms with E-state index in [-0.39, 0.29) is 17.6 Å². The third-order valence-corrected chi connectivity index (χ3v) is 3.90. The molecule has 0 fully saturated rings. The second-order valence-electron chi connectivity index (χ2n) is 4.33. The Labute approximate surface area is 117 Å². The van der Waals surface area contributed by atoms with E-state index >= 15 is 0 Å². The molecule has 1 unspecified atom stereocenters. The largest absolute Gasteiger partial charge is 0.465 e. The summed E-state index contributed by atoms with van der Waals surface area (Å²) in [4.78, 5) is 11.7. The first kappa shape index (κ1) is 18.6. The summed E-state index contributed by atoms with van der Waals surface area (Å²) in [5.41, 5.74) is 0. The highest BCUT2D eigenvalue weighted by atomic mass is 32.2. The van der Waals surface area contributed by atoms with Crippen molar-refractivity contribution in [3.63, 3.8) is 0 Å². The highest BCUT2D eigenvalue weighted by molar-refractivity contribution is 8.00. The van der Waals surface area contributed by atoms with Gasteiger partial charge in [0.1, 0.15) is 5.25 Å². The van der Waals surface area contributed by atoms with Crippen LogP contribution in [0.15, 0.2) is 0 Å². The fourth-order valence-electron chi connectivity index (χ4n) is 1.58. The van der Waals surface area contributed by atoms with Gasteiger partial charge < -0.3 is 4.74 Å².